The number of carboxylic acid groups (broad SMARTS) is 1. The van der Waals surface area contributed by atoms with Crippen LogP contribution in [0.3, 0.4) is 0 Å². The Labute approximate surface area is 80.8 Å². The summed E-state index contributed by atoms with van der Waals surface area (Å²) in [7, 11) is 0. The van der Waals surface area contributed by atoms with Gasteiger partial charge in [0.25, 0.3) is 0 Å². The van der Waals surface area contributed by atoms with Crippen LogP contribution in [0, 0.1) is 0 Å². The van der Waals surface area contributed by atoms with E-state index >= 15 is 0 Å². The number of rotatable bonds is 6. The lowest BCUT2D eigenvalue weighted by molar-refractivity contribution is 0.0690. The molecule has 6 nitrogen and oxygen atoms in total. The maximum absolute atomic E-state index is 10.4. The Balaban J connectivity index is 2.36. The lowest BCUT2D eigenvalue weighted by atomic mass is 10.5. The predicted octanol–water partition coefficient (Wildman–Crippen LogP) is 0.179. The van der Waals surface area contributed by atoms with Gasteiger partial charge in [0.2, 0.25) is 0 Å². The molecule has 0 aromatic carbocycles. The van der Waals surface area contributed by atoms with E-state index in [0.717, 1.165) is 0 Å². The van der Waals surface area contributed by atoms with Crippen LogP contribution in [-0.2, 0) is 11.3 Å². The maximum Gasteiger partial charge on any atom is 0.358 e. The monoisotopic (exact) mass is 197 g/mol. The van der Waals surface area contributed by atoms with Crippen LogP contribution in [0.4, 0.5) is 0 Å². The summed E-state index contributed by atoms with van der Waals surface area (Å²) in [5.74, 6) is -1.08. The highest BCUT2D eigenvalue weighted by atomic mass is 16.5. The average Bonchev–Trinajstić information content (AvgIpc) is 2.61. The Bertz CT molecular complexity index is 321. The molecule has 0 aliphatic carbocycles. The van der Waals surface area contributed by atoms with Gasteiger partial charge in [0.05, 0.1) is 26.0 Å². The SMILES string of the molecule is C=CCOCCn1cc(C(=O)O)nn1. The van der Waals surface area contributed by atoms with Gasteiger partial charge < -0.3 is 9.84 Å². The summed E-state index contributed by atoms with van der Waals surface area (Å²) in [4.78, 5) is 10.4. The maximum atomic E-state index is 10.4. The normalized spacial score (nSPS) is 10.0. The quantitative estimate of drug-likeness (QED) is 0.520. The van der Waals surface area contributed by atoms with E-state index in [0.29, 0.717) is 19.8 Å². The molecule has 14 heavy (non-hydrogen) atoms. The lowest BCUT2D eigenvalue weighted by Gasteiger charge is -1.99. The van der Waals surface area contributed by atoms with E-state index in [-0.39, 0.29) is 5.69 Å². The van der Waals surface area contributed by atoms with E-state index in [1.165, 1.54) is 10.9 Å². The van der Waals surface area contributed by atoms with Gasteiger partial charge in [0, 0.05) is 0 Å². The number of nitrogens with zero attached hydrogens (tertiary/aromatic N) is 3. The van der Waals surface area contributed by atoms with Gasteiger partial charge in [0.15, 0.2) is 5.69 Å². The first-order valence-electron chi connectivity index (χ1n) is 4.06. The molecule has 0 unspecified atom stereocenters. The predicted molar refractivity (Wildman–Crippen MR) is 48.0 cm³/mol. The van der Waals surface area contributed by atoms with Gasteiger partial charge in [-0.25, -0.2) is 9.48 Å². The Kier molecular flexibility index (Phi) is 3.81. The fourth-order valence-electron chi connectivity index (χ4n) is 0.830. The molecule has 0 amide bonds. The Morgan fingerprint density at radius 3 is 3.14 bits per heavy atom. The Hall–Kier alpha value is -1.69. The van der Waals surface area contributed by atoms with Crippen molar-refractivity contribution in [3.63, 3.8) is 0 Å². The van der Waals surface area contributed by atoms with Crippen molar-refractivity contribution in [3.8, 4) is 0 Å². The Morgan fingerprint density at radius 1 is 1.79 bits per heavy atom. The average molecular weight is 197 g/mol. The van der Waals surface area contributed by atoms with Gasteiger partial charge >= 0.3 is 5.97 Å². The molecule has 1 N–H and O–H groups in total. The third-order valence-corrected chi connectivity index (χ3v) is 1.46. The zero-order valence-corrected chi connectivity index (χ0v) is 7.59. The molecular formula is C8H11N3O3. The van der Waals surface area contributed by atoms with Crippen LogP contribution >= 0.6 is 0 Å². The minimum Gasteiger partial charge on any atom is -0.476 e. The number of hydrogen-bond acceptors (Lipinski definition) is 4. The summed E-state index contributed by atoms with van der Waals surface area (Å²) in [5, 5.41) is 15.6. The molecule has 0 bridgehead atoms. The molecule has 6 heteroatoms. The van der Waals surface area contributed by atoms with Crippen LogP contribution in [0.25, 0.3) is 0 Å². The zero-order valence-electron chi connectivity index (χ0n) is 7.59. The Morgan fingerprint density at radius 2 is 2.57 bits per heavy atom. The second-order valence-corrected chi connectivity index (χ2v) is 2.54. The first-order chi connectivity index (χ1) is 6.74. The van der Waals surface area contributed by atoms with Crippen molar-refractivity contribution in [1.82, 2.24) is 15.0 Å². The second-order valence-electron chi connectivity index (χ2n) is 2.54. The summed E-state index contributed by atoms with van der Waals surface area (Å²) >= 11 is 0. The minimum absolute atomic E-state index is 0.0614. The van der Waals surface area contributed by atoms with Crippen molar-refractivity contribution >= 4 is 5.97 Å². The number of carbonyl (C=O) groups is 1. The van der Waals surface area contributed by atoms with Crippen LogP contribution in [0.15, 0.2) is 18.9 Å². The number of hydrogen-bond donors (Lipinski definition) is 1. The van der Waals surface area contributed by atoms with Crippen molar-refractivity contribution in [2.75, 3.05) is 13.2 Å². The van der Waals surface area contributed by atoms with Crippen molar-refractivity contribution in [2.24, 2.45) is 0 Å². The molecule has 0 spiro atoms. The van der Waals surface area contributed by atoms with Crippen LogP contribution in [0.5, 0.6) is 0 Å². The molecule has 1 aromatic rings. The number of aromatic nitrogens is 3. The van der Waals surface area contributed by atoms with Crippen LogP contribution in [0.1, 0.15) is 10.5 Å². The summed E-state index contributed by atoms with van der Waals surface area (Å²) in [6, 6.07) is 0. The summed E-state index contributed by atoms with van der Waals surface area (Å²) in [6.45, 7) is 4.90. The third kappa shape index (κ3) is 2.98. The van der Waals surface area contributed by atoms with E-state index in [1.54, 1.807) is 6.08 Å². The standard InChI is InChI=1S/C8H11N3O3/c1-2-4-14-5-3-11-6-7(8(12)13)9-10-11/h2,6H,1,3-5H2,(H,12,13). The van der Waals surface area contributed by atoms with Gasteiger partial charge in [-0.15, -0.1) is 11.7 Å². The fraction of sp³-hybridized carbons (Fsp3) is 0.375. The molecule has 1 heterocycles. The molecule has 1 aromatic heterocycles. The molecule has 0 saturated heterocycles. The van der Waals surface area contributed by atoms with Crippen molar-refractivity contribution in [2.45, 2.75) is 6.54 Å². The molecule has 76 valence electrons. The summed E-state index contributed by atoms with van der Waals surface area (Å²) in [5.41, 5.74) is -0.0614. The van der Waals surface area contributed by atoms with Gasteiger partial charge in [-0.1, -0.05) is 11.3 Å². The minimum atomic E-state index is -1.08. The van der Waals surface area contributed by atoms with Crippen LogP contribution < -0.4 is 0 Å². The van der Waals surface area contributed by atoms with E-state index in [9.17, 15) is 4.79 Å². The molecular weight excluding hydrogens is 186 g/mol. The second kappa shape index (κ2) is 5.13. The van der Waals surface area contributed by atoms with Crippen molar-refractivity contribution < 1.29 is 14.6 Å². The highest BCUT2D eigenvalue weighted by Gasteiger charge is 2.07. The fourth-order valence-corrected chi connectivity index (χ4v) is 0.830. The first-order valence-corrected chi connectivity index (χ1v) is 4.06. The molecule has 1 rings (SSSR count). The molecule has 0 aliphatic rings. The molecule has 0 radical (unpaired) electrons. The van der Waals surface area contributed by atoms with Gasteiger partial charge in [-0.2, -0.15) is 0 Å². The third-order valence-electron chi connectivity index (χ3n) is 1.46. The van der Waals surface area contributed by atoms with Crippen molar-refractivity contribution in [3.05, 3.63) is 24.5 Å². The number of aromatic carboxylic acids is 1. The van der Waals surface area contributed by atoms with Gasteiger partial charge in [0.1, 0.15) is 0 Å². The lowest BCUT2D eigenvalue weighted by Crippen LogP contribution is -2.06. The van der Waals surface area contributed by atoms with Crippen LogP contribution in [0.2, 0.25) is 0 Å². The number of ether oxygens (including phenoxy) is 1. The first kappa shape index (κ1) is 10.4. The smallest absolute Gasteiger partial charge is 0.358 e. The topological polar surface area (TPSA) is 77.2 Å². The summed E-state index contributed by atoms with van der Waals surface area (Å²) < 4.78 is 6.53. The highest BCUT2D eigenvalue weighted by molar-refractivity contribution is 5.84. The highest BCUT2D eigenvalue weighted by Crippen LogP contribution is 1.92. The van der Waals surface area contributed by atoms with Crippen molar-refractivity contribution in [1.29, 1.82) is 0 Å². The van der Waals surface area contributed by atoms with Gasteiger partial charge in [-0.05, 0) is 0 Å². The van der Waals surface area contributed by atoms with Crippen LogP contribution in [-0.4, -0.2) is 39.3 Å². The molecule has 0 atom stereocenters. The van der Waals surface area contributed by atoms with E-state index in [4.69, 9.17) is 9.84 Å². The number of carboxylic acids is 1. The molecule has 0 fully saturated rings. The van der Waals surface area contributed by atoms with E-state index in [2.05, 4.69) is 16.9 Å². The zero-order chi connectivity index (χ0) is 10.4. The van der Waals surface area contributed by atoms with E-state index in [1.807, 2.05) is 0 Å². The molecule has 0 aliphatic heterocycles. The van der Waals surface area contributed by atoms with Gasteiger partial charge in [-0.3, -0.25) is 0 Å². The largest absolute Gasteiger partial charge is 0.476 e. The van der Waals surface area contributed by atoms with E-state index < -0.39 is 5.97 Å². The summed E-state index contributed by atoms with van der Waals surface area (Å²) in [6.07, 6.45) is 3.00. The molecule has 0 saturated carbocycles.